The van der Waals surface area contributed by atoms with E-state index in [-0.39, 0.29) is 12.8 Å². The number of ether oxygens (including phenoxy) is 2. The van der Waals surface area contributed by atoms with E-state index in [1.165, 1.54) is 0 Å². The van der Waals surface area contributed by atoms with Crippen LogP contribution in [0.4, 0.5) is 10.5 Å². The van der Waals surface area contributed by atoms with Crippen LogP contribution >= 0.6 is 11.6 Å². The zero-order valence-electron chi connectivity index (χ0n) is 11.1. The lowest BCUT2D eigenvalue weighted by Gasteiger charge is -2.08. The van der Waals surface area contributed by atoms with Gasteiger partial charge in [-0.1, -0.05) is 23.7 Å². The van der Waals surface area contributed by atoms with Crippen LogP contribution in [0.5, 0.6) is 11.5 Å². The molecule has 2 N–H and O–H groups in total. The molecule has 1 aliphatic rings. The van der Waals surface area contributed by atoms with E-state index in [4.69, 9.17) is 21.1 Å². The molecule has 0 spiro atoms. The Morgan fingerprint density at radius 3 is 2.67 bits per heavy atom. The fraction of sp³-hybridized carbons (Fsp3) is 0.133. The van der Waals surface area contributed by atoms with Crippen LogP contribution in [0.15, 0.2) is 42.5 Å². The van der Waals surface area contributed by atoms with Crippen molar-refractivity contribution >= 4 is 23.3 Å². The molecule has 0 aromatic heterocycles. The minimum Gasteiger partial charge on any atom is -0.454 e. The predicted octanol–water partition coefficient (Wildman–Crippen LogP) is 3.39. The van der Waals surface area contributed by atoms with Gasteiger partial charge in [-0.05, 0) is 29.8 Å². The van der Waals surface area contributed by atoms with Crippen molar-refractivity contribution in [2.75, 3.05) is 12.1 Å². The fourth-order valence-electron chi connectivity index (χ4n) is 1.93. The molecule has 1 heterocycles. The Hall–Kier alpha value is -2.40. The molecule has 2 aromatic carbocycles. The normalized spacial score (nSPS) is 12.0. The molecule has 6 heteroatoms. The molecule has 0 saturated heterocycles. The van der Waals surface area contributed by atoms with Crippen LogP contribution in [0.2, 0.25) is 5.02 Å². The molecule has 108 valence electrons. The summed E-state index contributed by atoms with van der Waals surface area (Å²) in [5.41, 5.74) is 1.62. The molecular formula is C15H13ClN2O3. The average molecular weight is 305 g/mol. The van der Waals surface area contributed by atoms with Crippen molar-refractivity contribution < 1.29 is 14.3 Å². The third-order valence-corrected chi connectivity index (χ3v) is 3.25. The van der Waals surface area contributed by atoms with Gasteiger partial charge < -0.3 is 20.1 Å². The number of benzene rings is 2. The van der Waals surface area contributed by atoms with Gasteiger partial charge in [-0.25, -0.2) is 4.79 Å². The minimum atomic E-state index is -0.288. The van der Waals surface area contributed by atoms with E-state index in [1.54, 1.807) is 30.3 Å². The van der Waals surface area contributed by atoms with Crippen molar-refractivity contribution in [3.05, 3.63) is 53.1 Å². The number of anilines is 1. The number of urea groups is 1. The maximum absolute atomic E-state index is 11.8. The fourth-order valence-corrected chi connectivity index (χ4v) is 2.06. The third-order valence-electron chi connectivity index (χ3n) is 3.00. The maximum atomic E-state index is 11.8. The number of halogens is 1. The molecule has 0 fully saturated rings. The lowest BCUT2D eigenvalue weighted by molar-refractivity contribution is 0.174. The second-order valence-electron chi connectivity index (χ2n) is 4.50. The van der Waals surface area contributed by atoms with Gasteiger partial charge in [0.05, 0.1) is 0 Å². The van der Waals surface area contributed by atoms with E-state index in [0.717, 1.165) is 5.56 Å². The van der Waals surface area contributed by atoms with Crippen LogP contribution in [0.1, 0.15) is 5.56 Å². The molecule has 0 bridgehead atoms. The SMILES string of the molecule is O=C(NCc1ccc(Cl)cc1)Nc1ccc2c(c1)OCO2. The van der Waals surface area contributed by atoms with Crippen LogP contribution in [0.25, 0.3) is 0 Å². The average Bonchev–Trinajstić information content (AvgIpc) is 2.94. The first-order chi connectivity index (χ1) is 10.2. The highest BCUT2D eigenvalue weighted by molar-refractivity contribution is 6.30. The van der Waals surface area contributed by atoms with Gasteiger partial charge in [0.2, 0.25) is 6.79 Å². The van der Waals surface area contributed by atoms with Gasteiger partial charge in [0, 0.05) is 23.3 Å². The Labute approximate surface area is 126 Å². The Morgan fingerprint density at radius 1 is 1.10 bits per heavy atom. The van der Waals surface area contributed by atoms with Crippen molar-refractivity contribution in [1.29, 1.82) is 0 Å². The molecule has 21 heavy (non-hydrogen) atoms. The third kappa shape index (κ3) is 3.38. The number of hydrogen-bond donors (Lipinski definition) is 2. The molecule has 1 aliphatic heterocycles. The lowest BCUT2D eigenvalue weighted by atomic mass is 10.2. The van der Waals surface area contributed by atoms with Crippen LogP contribution in [-0.2, 0) is 6.54 Å². The van der Waals surface area contributed by atoms with Crippen molar-refractivity contribution in [2.24, 2.45) is 0 Å². The van der Waals surface area contributed by atoms with E-state index in [2.05, 4.69) is 10.6 Å². The molecule has 0 atom stereocenters. The first kappa shape index (κ1) is 13.6. The van der Waals surface area contributed by atoms with E-state index in [0.29, 0.717) is 28.8 Å². The Bertz CT molecular complexity index is 658. The van der Waals surface area contributed by atoms with E-state index in [1.807, 2.05) is 12.1 Å². The molecule has 0 saturated carbocycles. The quantitative estimate of drug-likeness (QED) is 0.914. The molecule has 0 unspecified atom stereocenters. The van der Waals surface area contributed by atoms with E-state index < -0.39 is 0 Å². The number of fused-ring (bicyclic) bond motifs is 1. The number of carbonyl (C=O) groups is 1. The molecule has 0 aliphatic carbocycles. The Balaban J connectivity index is 1.55. The summed E-state index contributed by atoms with van der Waals surface area (Å²) in [6.07, 6.45) is 0. The summed E-state index contributed by atoms with van der Waals surface area (Å²) in [5.74, 6) is 1.31. The first-order valence-electron chi connectivity index (χ1n) is 6.40. The highest BCUT2D eigenvalue weighted by atomic mass is 35.5. The number of amides is 2. The van der Waals surface area contributed by atoms with Gasteiger partial charge in [-0.3, -0.25) is 0 Å². The zero-order valence-corrected chi connectivity index (χ0v) is 11.8. The van der Waals surface area contributed by atoms with E-state index in [9.17, 15) is 4.79 Å². The number of nitrogens with one attached hydrogen (secondary N) is 2. The summed E-state index contributed by atoms with van der Waals surface area (Å²) >= 11 is 5.81. The van der Waals surface area contributed by atoms with Crippen molar-refractivity contribution in [3.63, 3.8) is 0 Å². The van der Waals surface area contributed by atoms with Gasteiger partial charge in [-0.15, -0.1) is 0 Å². The first-order valence-corrected chi connectivity index (χ1v) is 6.77. The summed E-state index contributed by atoms with van der Waals surface area (Å²) in [7, 11) is 0. The van der Waals surface area contributed by atoms with Crippen LogP contribution in [0, 0.1) is 0 Å². The Kier molecular flexibility index (Phi) is 3.83. The molecule has 0 radical (unpaired) electrons. The second kappa shape index (κ2) is 5.93. The standard InChI is InChI=1S/C15H13ClN2O3/c16-11-3-1-10(2-4-11)8-17-15(19)18-12-5-6-13-14(7-12)21-9-20-13/h1-7H,8-9H2,(H2,17,18,19). The maximum Gasteiger partial charge on any atom is 0.319 e. The largest absolute Gasteiger partial charge is 0.454 e. The van der Waals surface area contributed by atoms with Crippen molar-refractivity contribution in [3.8, 4) is 11.5 Å². The summed E-state index contributed by atoms with van der Waals surface area (Å²) in [4.78, 5) is 11.8. The molecule has 3 rings (SSSR count). The van der Waals surface area contributed by atoms with Crippen molar-refractivity contribution in [1.82, 2.24) is 5.32 Å². The topological polar surface area (TPSA) is 59.6 Å². The summed E-state index contributed by atoms with van der Waals surface area (Å²) in [6.45, 7) is 0.634. The minimum absolute atomic E-state index is 0.210. The van der Waals surface area contributed by atoms with Crippen LogP contribution < -0.4 is 20.1 Å². The summed E-state index contributed by atoms with van der Waals surface area (Å²) < 4.78 is 10.5. The Morgan fingerprint density at radius 2 is 1.86 bits per heavy atom. The zero-order chi connectivity index (χ0) is 14.7. The van der Waals surface area contributed by atoms with Crippen molar-refractivity contribution in [2.45, 2.75) is 6.54 Å². The van der Waals surface area contributed by atoms with Gasteiger partial charge in [0.15, 0.2) is 11.5 Å². The lowest BCUT2D eigenvalue weighted by Crippen LogP contribution is -2.28. The molecule has 2 aromatic rings. The van der Waals surface area contributed by atoms with Gasteiger partial charge in [-0.2, -0.15) is 0 Å². The molecule has 5 nitrogen and oxygen atoms in total. The predicted molar refractivity (Wildman–Crippen MR) is 79.9 cm³/mol. The summed E-state index contributed by atoms with van der Waals surface area (Å²) in [6, 6.07) is 12.3. The van der Waals surface area contributed by atoms with Gasteiger partial charge >= 0.3 is 6.03 Å². The monoisotopic (exact) mass is 304 g/mol. The second-order valence-corrected chi connectivity index (χ2v) is 4.94. The van der Waals surface area contributed by atoms with Gasteiger partial charge in [0.1, 0.15) is 0 Å². The number of carbonyl (C=O) groups excluding carboxylic acids is 1. The smallest absolute Gasteiger partial charge is 0.319 e. The van der Waals surface area contributed by atoms with E-state index >= 15 is 0 Å². The number of hydrogen-bond acceptors (Lipinski definition) is 3. The van der Waals surface area contributed by atoms with Gasteiger partial charge in [0.25, 0.3) is 0 Å². The highest BCUT2D eigenvalue weighted by Gasteiger charge is 2.13. The van der Waals surface area contributed by atoms with Crippen LogP contribution in [-0.4, -0.2) is 12.8 Å². The van der Waals surface area contributed by atoms with Crippen LogP contribution in [0.3, 0.4) is 0 Å². The molecular weight excluding hydrogens is 292 g/mol. The number of rotatable bonds is 3. The highest BCUT2D eigenvalue weighted by Crippen LogP contribution is 2.34. The molecule has 2 amide bonds. The summed E-state index contributed by atoms with van der Waals surface area (Å²) in [5, 5.41) is 6.18.